The van der Waals surface area contributed by atoms with E-state index in [0.717, 1.165) is 74.6 Å². The summed E-state index contributed by atoms with van der Waals surface area (Å²) in [4.78, 5) is 25.9. The van der Waals surface area contributed by atoms with Crippen LogP contribution < -0.4 is 10.6 Å². The first-order chi connectivity index (χ1) is 15.5. The lowest BCUT2D eigenvalue weighted by Gasteiger charge is -2.27. The van der Waals surface area contributed by atoms with Gasteiger partial charge in [-0.05, 0) is 106 Å². The number of amides is 2. The van der Waals surface area contributed by atoms with Crippen molar-refractivity contribution in [2.24, 2.45) is 23.7 Å². The Morgan fingerprint density at radius 3 is 1.50 bits per heavy atom. The lowest BCUT2D eigenvalue weighted by Crippen LogP contribution is -2.27. The minimum atomic E-state index is 0.117. The molecule has 176 valence electrons. The molecule has 0 bridgehead atoms. The van der Waals surface area contributed by atoms with Gasteiger partial charge in [0.2, 0.25) is 11.8 Å². The molecule has 0 heterocycles. The van der Waals surface area contributed by atoms with E-state index < -0.39 is 0 Å². The molecule has 0 atom stereocenters. The van der Waals surface area contributed by atoms with E-state index in [9.17, 15) is 9.59 Å². The number of hydrogen-bond acceptors (Lipinski definition) is 2. The summed E-state index contributed by atoms with van der Waals surface area (Å²) >= 11 is 0. The van der Waals surface area contributed by atoms with Gasteiger partial charge in [0.25, 0.3) is 0 Å². The maximum atomic E-state index is 13.0. The van der Waals surface area contributed by atoms with E-state index in [-0.39, 0.29) is 23.7 Å². The Bertz CT molecular complexity index is 728. The van der Waals surface area contributed by atoms with Crippen molar-refractivity contribution in [2.75, 3.05) is 10.6 Å². The van der Waals surface area contributed by atoms with E-state index >= 15 is 0 Å². The van der Waals surface area contributed by atoms with Gasteiger partial charge in [-0.3, -0.25) is 9.59 Å². The van der Waals surface area contributed by atoms with Gasteiger partial charge in [-0.1, -0.05) is 33.1 Å². The van der Waals surface area contributed by atoms with Crippen molar-refractivity contribution in [1.29, 1.82) is 0 Å². The monoisotopic (exact) mass is 438 g/mol. The molecule has 3 aliphatic rings. The van der Waals surface area contributed by atoms with Crippen LogP contribution >= 0.6 is 0 Å². The van der Waals surface area contributed by atoms with Gasteiger partial charge in [0.1, 0.15) is 0 Å². The van der Waals surface area contributed by atoms with Crippen LogP contribution in [-0.4, -0.2) is 11.8 Å². The predicted octanol–water partition coefficient (Wildman–Crippen LogP) is 7.26. The highest BCUT2D eigenvalue weighted by molar-refractivity contribution is 5.96. The second-order valence-electron chi connectivity index (χ2n) is 11.1. The number of benzene rings is 1. The molecular weight excluding hydrogens is 396 g/mol. The van der Waals surface area contributed by atoms with Crippen LogP contribution in [0.2, 0.25) is 0 Å². The lowest BCUT2D eigenvalue weighted by molar-refractivity contribution is -0.121. The summed E-state index contributed by atoms with van der Waals surface area (Å²) in [5, 5.41) is 6.43. The smallest absolute Gasteiger partial charge is 0.227 e. The molecule has 0 aromatic heterocycles. The van der Waals surface area contributed by atoms with E-state index in [2.05, 4.69) is 36.6 Å². The zero-order valence-electron chi connectivity index (χ0n) is 20.1. The Morgan fingerprint density at radius 2 is 1.06 bits per heavy atom. The summed E-state index contributed by atoms with van der Waals surface area (Å²) in [5.41, 5.74) is 2.97. The zero-order valence-corrected chi connectivity index (χ0v) is 20.1. The average molecular weight is 439 g/mol. The summed E-state index contributed by atoms with van der Waals surface area (Å²) in [7, 11) is 0. The van der Waals surface area contributed by atoms with Gasteiger partial charge in [0.05, 0.1) is 0 Å². The molecule has 0 spiro atoms. The molecule has 0 radical (unpaired) electrons. The fraction of sp³-hybridized carbons (Fsp3) is 0.714. The van der Waals surface area contributed by atoms with Crippen LogP contribution in [-0.2, 0) is 9.59 Å². The van der Waals surface area contributed by atoms with Gasteiger partial charge in [0, 0.05) is 23.2 Å². The Hall–Kier alpha value is -1.84. The Balaban J connectivity index is 1.48. The largest absolute Gasteiger partial charge is 0.326 e. The summed E-state index contributed by atoms with van der Waals surface area (Å²) in [6, 6.07) is 6.30. The van der Waals surface area contributed by atoms with Crippen molar-refractivity contribution in [3.63, 3.8) is 0 Å². The van der Waals surface area contributed by atoms with E-state index in [1.165, 1.54) is 37.7 Å². The standard InChI is InChI=1S/C28H42N2O2/c1-19-8-12-22(13-9-19)27(31)29-25-16-24(21-6-4-3-5-7-21)17-26(18-25)30-28(32)23-14-10-20(2)11-15-23/h16-23H,3-15H2,1-2H3,(H,29,31)(H,30,32). The van der Waals surface area contributed by atoms with Crippen LogP contribution in [0.1, 0.15) is 109 Å². The molecule has 1 aromatic carbocycles. The third kappa shape index (κ3) is 6.14. The van der Waals surface area contributed by atoms with Crippen molar-refractivity contribution >= 4 is 23.2 Å². The zero-order chi connectivity index (χ0) is 22.5. The molecule has 4 rings (SSSR count). The van der Waals surface area contributed by atoms with Gasteiger partial charge < -0.3 is 10.6 Å². The SMILES string of the molecule is CC1CCC(C(=O)Nc2cc(NC(=O)C3CCC(C)CC3)cc(C3CCCCC3)c2)CC1. The molecule has 0 unspecified atom stereocenters. The maximum absolute atomic E-state index is 13.0. The van der Waals surface area contributed by atoms with Gasteiger partial charge in [-0.25, -0.2) is 0 Å². The number of carbonyl (C=O) groups excluding carboxylic acids is 2. The topological polar surface area (TPSA) is 58.2 Å². The second-order valence-corrected chi connectivity index (χ2v) is 11.1. The fourth-order valence-corrected chi connectivity index (χ4v) is 6.00. The van der Waals surface area contributed by atoms with E-state index in [4.69, 9.17) is 0 Å². The first-order valence-corrected chi connectivity index (χ1v) is 13.2. The molecule has 2 amide bonds. The Labute approximate surface area is 194 Å². The van der Waals surface area contributed by atoms with Gasteiger partial charge in [-0.15, -0.1) is 0 Å². The maximum Gasteiger partial charge on any atom is 0.227 e. The fourth-order valence-electron chi connectivity index (χ4n) is 6.00. The molecule has 3 aliphatic carbocycles. The summed E-state index contributed by atoms with van der Waals surface area (Å²) < 4.78 is 0. The van der Waals surface area contributed by atoms with Crippen LogP contribution in [0.4, 0.5) is 11.4 Å². The molecule has 0 aliphatic heterocycles. The summed E-state index contributed by atoms with van der Waals surface area (Å²) in [6.07, 6.45) is 14.8. The minimum absolute atomic E-state index is 0.117. The molecule has 1 aromatic rings. The van der Waals surface area contributed by atoms with E-state index in [0.29, 0.717) is 5.92 Å². The van der Waals surface area contributed by atoms with Crippen LogP contribution in [0.5, 0.6) is 0 Å². The van der Waals surface area contributed by atoms with E-state index in [1.54, 1.807) is 0 Å². The number of rotatable bonds is 5. The number of anilines is 2. The number of carbonyl (C=O) groups is 2. The molecule has 2 N–H and O–H groups in total. The quantitative estimate of drug-likeness (QED) is 0.508. The molecular formula is C28H42N2O2. The average Bonchev–Trinajstić information content (AvgIpc) is 2.80. The van der Waals surface area contributed by atoms with Crippen molar-refractivity contribution in [2.45, 2.75) is 103 Å². The third-order valence-corrected chi connectivity index (χ3v) is 8.34. The Kier molecular flexibility index (Phi) is 7.91. The van der Waals surface area contributed by atoms with Crippen molar-refractivity contribution in [3.05, 3.63) is 23.8 Å². The van der Waals surface area contributed by atoms with Crippen molar-refractivity contribution in [3.8, 4) is 0 Å². The molecule has 3 fully saturated rings. The highest BCUT2D eigenvalue weighted by Gasteiger charge is 2.27. The first-order valence-electron chi connectivity index (χ1n) is 13.2. The van der Waals surface area contributed by atoms with Gasteiger partial charge in [0.15, 0.2) is 0 Å². The normalized spacial score (nSPS) is 29.3. The van der Waals surface area contributed by atoms with Crippen molar-refractivity contribution < 1.29 is 9.59 Å². The first kappa shape index (κ1) is 23.3. The minimum Gasteiger partial charge on any atom is -0.326 e. The highest BCUT2D eigenvalue weighted by atomic mass is 16.2. The molecule has 0 saturated heterocycles. The molecule has 4 nitrogen and oxygen atoms in total. The number of nitrogens with one attached hydrogen (secondary N) is 2. The van der Waals surface area contributed by atoms with Crippen LogP contribution in [0.15, 0.2) is 18.2 Å². The van der Waals surface area contributed by atoms with Gasteiger partial charge in [-0.2, -0.15) is 0 Å². The molecule has 3 saturated carbocycles. The number of hydrogen-bond donors (Lipinski definition) is 2. The summed E-state index contributed by atoms with van der Waals surface area (Å²) in [6.45, 7) is 4.56. The summed E-state index contributed by atoms with van der Waals surface area (Å²) in [5.74, 6) is 2.53. The van der Waals surface area contributed by atoms with Crippen LogP contribution in [0, 0.1) is 23.7 Å². The van der Waals surface area contributed by atoms with Crippen LogP contribution in [0.25, 0.3) is 0 Å². The lowest BCUT2D eigenvalue weighted by atomic mass is 9.82. The predicted molar refractivity (Wildman–Crippen MR) is 132 cm³/mol. The second kappa shape index (κ2) is 10.9. The van der Waals surface area contributed by atoms with E-state index in [1.807, 2.05) is 6.07 Å². The Morgan fingerprint density at radius 1 is 0.625 bits per heavy atom. The molecule has 4 heteroatoms. The highest BCUT2D eigenvalue weighted by Crippen LogP contribution is 2.37. The van der Waals surface area contributed by atoms with Crippen molar-refractivity contribution in [1.82, 2.24) is 0 Å². The molecule has 32 heavy (non-hydrogen) atoms. The van der Waals surface area contributed by atoms with Gasteiger partial charge >= 0.3 is 0 Å². The third-order valence-electron chi connectivity index (χ3n) is 8.34. The van der Waals surface area contributed by atoms with Crippen LogP contribution in [0.3, 0.4) is 0 Å².